The van der Waals surface area contributed by atoms with Gasteiger partial charge in [-0.2, -0.15) is 0 Å². The lowest BCUT2D eigenvalue weighted by Crippen LogP contribution is -2.35. The van der Waals surface area contributed by atoms with Crippen LogP contribution in [0.25, 0.3) is 11.3 Å². The number of ketones is 1. The van der Waals surface area contributed by atoms with E-state index in [1.807, 2.05) is 0 Å². The van der Waals surface area contributed by atoms with Gasteiger partial charge in [0, 0.05) is 5.56 Å². The van der Waals surface area contributed by atoms with Gasteiger partial charge < -0.3 is 14.8 Å². The molecule has 0 saturated heterocycles. The van der Waals surface area contributed by atoms with Gasteiger partial charge in [0.25, 0.3) is 0 Å². The zero-order valence-electron chi connectivity index (χ0n) is 15.4. The first kappa shape index (κ1) is 20.6. The van der Waals surface area contributed by atoms with Gasteiger partial charge in [0.2, 0.25) is 0 Å². The molecule has 6 nitrogen and oxygen atoms in total. The summed E-state index contributed by atoms with van der Waals surface area (Å²) < 4.78 is 23.8. The number of rotatable bonds is 5. The van der Waals surface area contributed by atoms with E-state index in [2.05, 4.69) is 10.3 Å². The normalized spacial score (nSPS) is 11.0. The van der Waals surface area contributed by atoms with E-state index in [0.29, 0.717) is 17.0 Å². The van der Waals surface area contributed by atoms with E-state index in [9.17, 15) is 14.0 Å². The molecule has 2 rings (SSSR count). The summed E-state index contributed by atoms with van der Waals surface area (Å²) >= 11 is 5.83. The molecule has 8 heteroatoms. The van der Waals surface area contributed by atoms with Crippen LogP contribution in [0.4, 0.5) is 9.18 Å². The number of hydrogen-bond acceptors (Lipinski definition) is 5. The van der Waals surface area contributed by atoms with E-state index in [1.165, 1.54) is 31.4 Å². The number of methoxy groups -OCH3 is 1. The molecule has 0 fully saturated rings. The molecule has 1 aromatic carbocycles. The Morgan fingerprint density at radius 1 is 1.22 bits per heavy atom. The van der Waals surface area contributed by atoms with Crippen molar-refractivity contribution in [1.82, 2.24) is 10.3 Å². The second-order valence-electron chi connectivity index (χ2n) is 6.65. The maximum Gasteiger partial charge on any atom is 0.408 e. The van der Waals surface area contributed by atoms with Crippen LogP contribution in [0.15, 0.2) is 30.3 Å². The minimum Gasteiger partial charge on any atom is -0.494 e. The molecule has 27 heavy (non-hydrogen) atoms. The standard InChI is InChI=1S/C19H20ClFN2O4/c1-19(2,3)27-18(25)22-10-15(24)14-7-8-16(26-4)17(23-14)11-5-6-13(21)12(20)9-11/h5-9H,10H2,1-4H3,(H,22,25). The molecule has 1 amide bonds. The molecule has 0 saturated carbocycles. The number of alkyl carbamates (subject to hydrolysis) is 1. The Balaban J connectivity index is 2.22. The van der Waals surface area contributed by atoms with E-state index in [-0.39, 0.29) is 17.3 Å². The number of carbonyl (C=O) groups excluding carboxylic acids is 2. The van der Waals surface area contributed by atoms with E-state index in [4.69, 9.17) is 21.1 Å². The number of amides is 1. The number of nitrogens with zero attached hydrogens (tertiary/aromatic N) is 1. The minimum absolute atomic E-state index is 0.0697. The molecule has 144 valence electrons. The summed E-state index contributed by atoms with van der Waals surface area (Å²) in [6.45, 7) is 4.89. The molecule has 0 aliphatic rings. The van der Waals surface area contributed by atoms with Gasteiger partial charge in [-0.3, -0.25) is 4.79 Å². The van der Waals surface area contributed by atoms with E-state index >= 15 is 0 Å². The summed E-state index contributed by atoms with van der Waals surface area (Å²) in [5.41, 5.74) is 0.276. The zero-order chi connectivity index (χ0) is 20.2. The maximum absolute atomic E-state index is 13.4. The first-order valence-corrected chi connectivity index (χ1v) is 8.49. The third kappa shape index (κ3) is 5.65. The molecule has 2 aromatic rings. The van der Waals surface area contributed by atoms with Crippen molar-refractivity contribution in [3.05, 3.63) is 46.9 Å². The van der Waals surface area contributed by atoms with Crippen molar-refractivity contribution < 1.29 is 23.5 Å². The molecule has 0 aliphatic heterocycles. The number of nitrogens with one attached hydrogen (secondary N) is 1. The number of aromatic nitrogens is 1. The first-order valence-electron chi connectivity index (χ1n) is 8.11. The van der Waals surface area contributed by atoms with Crippen LogP contribution in [0.5, 0.6) is 5.75 Å². The summed E-state index contributed by atoms with van der Waals surface area (Å²) in [4.78, 5) is 28.3. The molecule has 0 aliphatic carbocycles. The summed E-state index contributed by atoms with van der Waals surface area (Å²) in [6, 6.07) is 7.14. The number of Topliss-reactive ketones (excluding diaryl/α,β-unsaturated/α-hetero) is 1. The summed E-state index contributed by atoms with van der Waals surface area (Å²) in [7, 11) is 1.46. The summed E-state index contributed by atoms with van der Waals surface area (Å²) in [5.74, 6) is -0.583. The average Bonchev–Trinajstić information content (AvgIpc) is 2.60. The minimum atomic E-state index is -0.699. The van der Waals surface area contributed by atoms with Crippen LogP contribution in [0, 0.1) is 5.82 Å². The third-order valence-electron chi connectivity index (χ3n) is 3.35. The zero-order valence-corrected chi connectivity index (χ0v) is 16.2. The molecule has 1 heterocycles. The van der Waals surface area contributed by atoms with Crippen molar-refractivity contribution >= 4 is 23.5 Å². The highest BCUT2D eigenvalue weighted by Gasteiger charge is 2.19. The second kappa shape index (κ2) is 8.35. The number of ether oxygens (including phenoxy) is 2. The van der Waals surface area contributed by atoms with Crippen LogP contribution in [0.2, 0.25) is 5.02 Å². The third-order valence-corrected chi connectivity index (χ3v) is 3.64. The number of pyridine rings is 1. The van der Waals surface area contributed by atoms with Gasteiger partial charge in [-0.1, -0.05) is 11.6 Å². The predicted octanol–water partition coefficient (Wildman–Crippen LogP) is 4.26. The first-order chi connectivity index (χ1) is 12.6. The van der Waals surface area contributed by atoms with Crippen molar-refractivity contribution in [3.63, 3.8) is 0 Å². The molecule has 1 N–H and O–H groups in total. The molecule has 0 spiro atoms. The van der Waals surface area contributed by atoms with E-state index in [0.717, 1.165) is 0 Å². The molecule has 0 radical (unpaired) electrons. The Hall–Kier alpha value is -2.67. The average molecular weight is 395 g/mol. The SMILES string of the molecule is COc1ccc(C(=O)CNC(=O)OC(C)(C)C)nc1-c1ccc(F)c(Cl)c1. The van der Waals surface area contributed by atoms with Crippen LogP contribution in [-0.2, 0) is 4.74 Å². The highest BCUT2D eigenvalue weighted by Crippen LogP contribution is 2.30. The molecule has 0 atom stereocenters. The highest BCUT2D eigenvalue weighted by atomic mass is 35.5. The molecule has 0 bridgehead atoms. The molecule has 1 aromatic heterocycles. The van der Waals surface area contributed by atoms with Crippen molar-refractivity contribution in [2.75, 3.05) is 13.7 Å². The topological polar surface area (TPSA) is 77.5 Å². The van der Waals surface area contributed by atoms with Crippen molar-refractivity contribution in [3.8, 4) is 17.0 Å². The van der Waals surface area contributed by atoms with Crippen molar-refractivity contribution in [1.29, 1.82) is 0 Å². The lowest BCUT2D eigenvalue weighted by atomic mass is 10.1. The van der Waals surface area contributed by atoms with Crippen LogP contribution in [0.1, 0.15) is 31.3 Å². The Labute approximate surface area is 161 Å². The van der Waals surface area contributed by atoms with Gasteiger partial charge >= 0.3 is 6.09 Å². The number of benzene rings is 1. The lowest BCUT2D eigenvalue weighted by molar-refractivity contribution is 0.0520. The van der Waals surface area contributed by atoms with Crippen LogP contribution in [-0.4, -0.2) is 36.1 Å². The van der Waals surface area contributed by atoms with Crippen LogP contribution in [0.3, 0.4) is 0 Å². The fourth-order valence-corrected chi connectivity index (χ4v) is 2.35. The number of halogens is 2. The Bertz CT molecular complexity index is 865. The maximum atomic E-state index is 13.4. The predicted molar refractivity (Wildman–Crippen MR) is 99.8 cm³/mol. The van der Waals surface area contributed by atoms with Gasteiger partial charge in [-0.05, 0) is 51.1 Å². The summed E-state index contributed by atoms with van der Waals surface area (Å²) in [6.07, 6.45) is -0.699. The van der Waals surface area contributed by atoms with Gasteiger partial charge in [0.1, 0.15) is 28.6 Å². The summed E-state index contributed by atoms with van der Waals surface area (Å²) in [5, 5.41) is 2.32. The van der Waals surface area contributed by atoms with Gasteiger partial charge in [-0.15, -0.1) is 0 Å². The monoisotopic (exact) mass is 394 g/mol. The van der Waals surface area contributed by atoms with Gasteiger partial charge in [0.05, 0.1) is 18.7 Å². The lowest BCUT2D eigenvalue weighted by Gasteiger charge is -2.19. The van der Waals surface area contributed by atoms with Crippen LogP contribution >= 0.6 is 11.6 Å². The number of carbonyl (C=O) groups is 2. The Kier molecular flexibility index (Phi) is 6.38. The number of hydrogen-bond donors (Lipinski definition) is 1. The highest BCUT2D eigenvalue weighted by molar-refractivity contribution is 6.31. The fraction of sp³-hybridized carbons (Fsp3) is 0.316. The molecular weight excluding hydrogens is 375 g/mol. The molecular formula is C19H20ClFN2O4. The molecule has 0 unspecified atom stereocenters. The van der Waals surface area contributed by atoms with Crippen LogP contribution < -0.4 is 10.1 Å². The quantitative estimate of drug-likeness (QED) is 0.767. The fourth-order valence-electron chi connectivity index (χ4n) is 2.17. The second-order valence-corrected chi connectivity index (χ2v) is 7.06. The Morgan fingerprint density at radius 3 is 2.52 bits per heavy atom. The van der Waals surface area contributed by atoms with Gasteiger partial charge in [-0.25, -0.2) is 14.2 Å². The van der Waals surface area contributed by atoms with E-state index in [1.54, 1.807) is 26.8 Å². The smallest absolute Gasteiger partial charge is 0.408 e. The van der Waals surface area contributed by atoms with Crippen molar-refractivity contribution in [2.45, 2.75) is 26.4 Å². The largest absolute Gasteiger partial charge is 0.494 e. The van der Waals surface area contributed by atoms with Crippen molar-refractivity contribution in [2.24, 2.45) is 0 Å². The van der Waals surface area contributed by atoms with Gasteiger partial charge in [0.15, 0.2) is 5.78 Å². The Morgan fingerprint density at radius 2 is 1.93 bits per heavy atom. The van der Waals surface area contributed by atoms with E-state index < -0.39 is 23.3 Å².